The van der Waals surface area contributed by atoms with Crippen molar-refractivity contribution >= 4 is 0 Å². The molecule has 14 heavy (non-hydrogen) atoms. The molecule has 0 aromatic heterocycles. The monoisotopic (exact) mass is 199 g/mol. The maximum atomic E-state index is 10.5. The molecule has 0 radical (unpaired) electrons. The molecule has 1 aliphatic rings. The summed E-state index contributed by atoms with van der Waals surface area (Å²) < 4.78 is 0. The SMILES string of the molecule is CCCC(CC1CCCC(O)C1)N=O. The molecule has 3 unspecified atom stereocenters. The average molecular weight is 199 g/mol. The lowest BCUT2D eigenvalue weighted by atomic mass is 9.83. The summed E-state index contributed by atoms with van der Waals surface area (Å²) in [5.41, 5.74) is 0. The average Bonchev–Trinajstić information content (AvgIpc) is 2.17. The third-order valence-electron chi connectivity index (χ3n) is 3.13. The van der Waals surface area contributed by atoms with Crippen LogP contribution in [0.5, 0.6) is 0 Å². The van der Waals surface area contributed by atoms with E-state index < -0.39 is 0 Å². The summed E-state index contributed by atoms with van der Waals surface area (Å²) in [6.45, 7) is 2.08. The van der Waals surface area contributed by atoms with Crippen LogP contribution in [0.4, 0.5) is 0 Å². The fraction of sp³-hybridized carbons (Fsp3) is 1.00. The lowest BCUT2D eigenvalue weighted by Crippen LogP contribution is -2.22. The third kappa shape index (κ3) is 3.74. The fourth-order valence-corrected chi connectivity index (χ4v) is 2.41. The zero-order valence-corrected chi connectivity index (χ0v) is 8.98. The zero-order chi connectivity index (χ0) is 10.4. The highest BCUT2D eigenvalue weighted by atomic mass is 16.3. The Morgan fingerprint density at radius 3 is 2.86 bits per heavy atom. The molecular formula is C11H21NO2. The Labute approximate surface area is 85.9 Å². The van der Waals surface area contributed by atoms with Gasteiger partial charge in [-0.3, -0.25) is 0 Å². The topological polar surface area (TPSA) is 49.7 Å². The number of nitroso groups, excluding NO2 is 1. The Hall–Kier alpha value is -0.440. The first-order valence-electron chi connectivity index (χ1n) is 5.76. The summed E-state index contributed by atoms with van der Waals surface area (Å²) in [4.78, 5) is 10.5. The lowest BCUT2D eigenvalue weighted by molar-refractivity contribution is 0.0956. The minimum atomic E-state index is -0.136. The van der Waals surface area contributed by atoms with Gasteiger partial charge in [0.15, 0.2) is 0 Å². The second-order valence-electron chi connectivity index (χ2n) is 4.47. The van der Waals surface area contributed by atoms with Crippen LogP contribution in [0, 0.1) is 10.8 Å². The molecule has 3 nitrogen and oxygen atoms in total. The van der Waals surface area contributed by atoms with Crippen molar-refractivity contribution in [2.45, 2.75) is 64.0 Å². The number of aliphatic hydroxyl groups is 1. The van der Waals surface area contributed by atoms with Crippen molar-refractivity contribution in [1.29, 1.82) is 0 Å². The van der Waals surface area contributed by atoms with Crippen LogP contribution in [-0.4, -0.2) is 17.3 Å². The highest BCUT2D eigenvalue weighted by Gasteiger charge is 2.23. The van der Waals surface area contributed by atoms with E-state index in [1.165, 1.54) is 0 Å². The van der Waals surface area contributed by atoms with Gasteiger partial charge in [0, 0.05) is 0 Å². The van der Waals surface area contributed by atoms with Crippen LogP contribution in [0.2, 0.25) is 0 Å². The van der Waals surface area contributed by atoms with Gasteiger partial charge in [-0.2, -0.15) is 4.91 Å². The maximum absolute atomic E-state index is 10.5. The number of hydrogen-bond donors (Lipinski definition) is 1. The smallest absolute Gasteiger partial charge is 0.0922 e. The molecule has 0 spiro atoms. The zero-order valence-electron chi connectivity index (χ0n) is 8.98. The van der Waals surface area contributed by atoms with Gasteiger partial charge in [-0.05, 0) is 31.6 Å². The lowest BCUT2D eigenvalue weighted by Gasteiger charge is -2.26. The molecule has 1 N–H and O–H groups in total. The quantitative estimate of drug-likeness (QED) is 0.692. The van der Waals surface area contributed by atoms with Gasteiger partial charge in [-0.1, -0.05) is 31.4 Å². The van der Waals surface area contributed by atoms with E-state index in [1.54, 1.807) is 0 Å². The van der Waals surface area contributed by atoms with E-state index in [4.69, 9.17) is 0 Å². The number of hydrogen-bond acceptors (Lipinski definition) is 3. The third-order valence-corrected chi connectivity index (χ3v) is 3.13. The Morgan fingerprint density at radius 1 is 1.50 bits per heavy atom. The number of rotatable bonds is 5. The van der Waals surface area contributed by atoms with Gasteiger partial charge in [-0.15, -0.1) is 0 Å². The van der Waals surface area contributed by atoms with Crippen LogP contribution in [0.1, 0.15) is 51.9 Å². The second kappa shape index (κ2) is 6.12. The van der Waals surface area contributed by atoms with Crippen molar-refractivity contribution in [3.05, 3.63) is 4.91 Å². The Morgan fingerprint density at radius 2 is 2.29 bits per heavy atom. The summed E-state index contributed by atoms with van der Waals surface area (Å²) in [7, 11) is 0. The van der Waals surface area contributed by atoms with Gasteiger partial charge < -0.3 is 5.11 Å². The van der Waals surface area contributed by atoms with Crippen molar-refractivity contribution in [1.82, 2.24) is 0 Å². The van der Waals surface area contributed by atoms with E-state index in [9.17, 15) is 10.0 Å². The molecule has 1 fully saturated rings. The fourth-order valence-electron chi connectivity index (χ4n) is 2.41. The van der Waals surface area contributed by atoms with Crippen molar-refractivity contribution in [3.63, 3.8) is 0 Å². The summed E-state index contributed by atoms with van der Waals surface area (Å²) in [6, 6.07) is -0.0182. The van der Waals surface area contributed by atoms with Crippen LogP contribution < -0.4 is 0 Å². The predicted molar refractivity (Wildman–Crippen MR) is 57.1 cm³/mol. The molecule has 82 valence electrons. The molecule has 0 aliphatic heterocycles. The van der Waals surface area contributed by atoms with Gasteiger partial charge in [-0.25, -0.2) is 0 Å². The van der Waals surface area contributed by atoms with Crippen LogP contribution in [0.3, 0.4) is 0 Å². The van der Waals surface area contributed by atoms with Crippen LogP contribution in [-0.2, 0) is 0 Å². The molecule has 3 heteroatoms. The molecule has 3 atom stereocenters. The summed E-state index contributed by atoms with van der Waals surface area (Å²) in [6.07, 6.45) is 6.73. The van der Waals surface area contributed by atoms with Crippen LogP contribution in [0.25, 0.3) is 0 Å². The molecule has 0 saturated heterocycles. The largest absolute Gasteiger partial charge is 0.393 e. The Bertz CT molecular complexity index is 173. The minimum absolute atomic E-state index is 0.0182. The van der Waals surface area contributed by atoms with E-state index in [1.807, 2.05) is 0 Å². The molecule has 0 bridgehead atoms. The molecule has 1 rings (SSSR count). The van der Waals surface area contributed by atoms with Crippen molar-refractivity contribution in [3.8, 4) is 0 Å². The summed E-state index contributed by atoms with van der Waals surface area (Å²) >= 11 is 0. The van der Waals surface area contributed by atoms with E-state index in [0.717, 1.165) is 44.9 Å². The Kier molecular flexibility index (Phi) is 5.09. The number of nitrogens with zero attached hydrogens (tertiary/aromatic N) is 1. The van der Waals surface area contributed by atoms with Crippen LogP contribution in [0.15, 0.2) is 5.18 Å². The molecule has 1 aliphatic carbocycles. The van der Waals surface area contributed by atoms with Gasteiger partial charge in [0.1, 0.15) is 0 Å². The highest BCUT2D eigenvalue weighted by molar-refractivity contribution is 4.77. The first-order valence-corrected chi connectivity index (χ1v) is 5.76. The molecule has 0 amide bonds. The summed E-state index contributed by atoms with van der Waals surface area (Å²) in [5, 5.41) is 12.7. The van der Waals surface area contributed by atoms with Crippen LogP contribution >= 0.6 is 0 Å². The first-order chi connectivity index (χ1) is 6.76. The molecule has 0 heterocycles. The molecule has 0 aromatic carbocycles. The highest BCUT2D eigenvalue weighted by Crippen LogP contribution is 2.29. The van der Waals surface area contributed by atoms with Crippen molar-refractivity contribution in [2.24, 2.45) is 11.1 Å². The minimum Gasteiger partial charge on any atom is -0.393 e. The van der Waals surface area contributed by atoms with E-state index >= 15 is 0 Å². The molecule has 0 aromatic rings. The van der Waals surface area contributed by atoms with Crippen molar-refractivity contribution in [2.75, 3.05) is 0 Å². The normalized spacial score (nSPS) is 29.9. The van der Waals surface area contributed by atoms with Gasteiger partial charge in [0.2, 0.25) is 0 Å². The predicted octanol–water partition coefficient (Wildman–Crippen LogP) is 2.86. The van der Waals surface area contributed by atoms with Gasteiger partial charge >= 0.3 is 0 Å². The standard InChI is InChI=1S/C11H21NO2/c1-2-4-10(12-14)7-9-5-3-6-11(13)8-9/h9-11,13H,2-8H2,1H3. The number of aliphatic hydroxyl groups excluding tert-OH is 1. The van der Waals surface area contributed by atoms with Gasteiger partial charge in [0.05, 0.1) is 12.1 Å². The van der Waals surface area contributed by atoms with Crippen molar-refractivity contribution < 1.29 is 5.11 Å². The first kappa shape index (κ1) is 11.6. The van der Waals surface area contributed by atoms with E-state index in [2.05, 4.69) is 12.1 Å². The van der Waals surface area contributed by atoms with E-state index in [0.29, 0.717) is 5.92 Å². The molecule has 1 saturated carbocycles. The van der Waals surface area contributed by atoms with Gasteiger partial charge in [0.25, 0.3) is 0 Å². The summed E-state index contributed by atoms with van der Waals surface area (Å²) in [5.74, 6) is 0.521. The van der Waals surface area contributed by atoms with E-state index in [-0.39, 0.29) is 12.1 Å². The molecular weight excluding hydrogens is 178 g/mol. The maximum Gasteiger partial charge on any atom is 0.0922 e. The Balaban J connectivity index is 2.29. The second-order valence-corrected chi connectivity index (χ2v) is 4.47.